The molecule has 1 aromatic rings. The second-order valence-corrected chi connectivity index (χ2v) is 2.90. The van der Waals surface area contributed by atoms with Crippen LogP contribution in [0.3, 0.4) is 0 Å². The van der Waals surface area contributed by atoms with E-state index in [-0.39, 0.29) is 19.3 Å². The van der Waals surface area contributed by atoms with Gasteiger partial charge in [-0.15, -0.1) is 0 Å². The van der Waals surface area contributed by atoms with Crippen LogP contribution in [0.4, 0.5) is 0 Å². The van der Waals surface area contributed by atoms with Crippen molar-refractivity contribution in [3.63, 3.8) is 0 Å². The van der Waals surface area contributed by atoms with Crippen molar-refractivity contribution in [3.8, 4) is 0 Å². The fourth-order valence-electron chi connectivity index (χ4n) is 0.748. The Hall–Kier alpha value is -1.85. The van der Waals surface area contributed by atoms with E-state index in [1.54, 1.807) is 6.33 Å². The van der Waals surface area contributed by atoms with Crippen molar-refractivity contribution in [2.45, 2.75) is 26.2 Å². The maximum absolute atomic E-state index is 9.77. The first-order valence-electron chi connectivity index (χ1n) is 4.45. The zero-order valence-electron chi connectivity index (χ0n) is 8.45. The highest BCUT2D eigenvalue weighted by Crippen LogP contribution is 1.92. The van der Waals surface area contributed by atoms with Crippen LogP contribution in [0, 0.1) is 6.92 Å². The summed E-state index contributed by atoms with van der Waals surface area (Å²) in [6, 6.07) is 0. The van der Waals surface area contributed by atoms with Gasteiger partial charge in [-0.25, -0.2) is 4.98 Å². The van der Waals surface area contributed by atoms with Gasteiger partial charge in [-0.05, 0) is 12.8 Å². The summed E-state index contributed by atoms with van der Waals surface area (Å²) in [5, 5.41) is 17.7. The number of carboxylic acid groups (broad SMARTS) is 2. The van der Waals surface area contributed by atoms with Gasteiger partial charge in [0, 0.05) is 19.3 Å². The minimum atomic E-state index is -1.20. The third-order valence-electron chi connectivity index (χ3n) is 1.45. The van der Waals surface area contributed by atoms with E-state index in [1.807, 2.05) is 13.1 Å². The minimum absolute atomic E-state index is 0.103. The fourth-order valence-corrected chi connectivity index (χ4v) is 0.748. The molecule has 84 valence electrons. The van der Waals surface area contributed by atoms with Gasteiger partial charge in [-0.2, -0.15) is 0 Å². The first-order valence-corrected chi connectivity index (χ1v) is 4.45. The summed E-state index contributed by atoms with van der Waals surface area (Å²) in [6.07, 6.45) is 3.56. The Morgan fingerprint density at radius 3 is 2.47 bits per heavy atom. The quantitative estimate of drug-likeness (QED) is 0.679. The van der Waals surface area contributed by atoms with Crippen LogP contribution >= 0.6 is 0 Å². The fraction of sp³-hybridized carbons (Fsp3) is 0.444. The van der Waals surface area contributed by atoms with Crippen molar-refractivity contribution in [1.29, 1.82) is 0 Å². The summed E-state index contributed by atoms with van der Waals surface area (Å²) in [5.41, 5.74) is 1.16. The van der Waals surface area contributed by atoms with Crippen molar-refractivity contribution in [2.24, 2.45) is 0 Å². The van der Waals surface area contributed by atoms with Gasteiger partial charge in [0.25, 0.3) is 0 Å². The second-order valence-electron chi connectivity index (χ2n) is 2.90. The predicted octanol–water partition coefficient (Wildman–Crippen LogP) is -0.872. The lowest BCUT2D eigenvalue weighted by atomic mass is 10.2. The standard InChI is InChI=1S/C5H8O4.C4H6N2/c6-4(7)2-1-3-5(8)9;1-4-2-5-3-6-4/h1-3H2,(H,6,7)(H,8,9);2-3H,1H3,(H,5,6). The lowest BCUT2D eigenvalue weighted by molar-refractivity contribution is -0.376. The molecule has 0 fully saturated rings. The molecule has 1 heterocycles. The maximum atomic E-state index is 9.77. The monoisotopic (exact) mass is 214 g/mol. The molecule has 15 heavy (non-hydrogen) atoms. The van der Waals surface area contributed by atoms with E-state index in [1.165, 1.54) is 0 Å². The van der Waals surface area contributed by atoms with E-state index in [9.17, 15) is 14.7 Å². The molecule has 0 aliphatic heterocycles. The molecule has 3 N–H and O–H groups in total. The van der Waals surface area contributed by atoms with Crippen molar-refractivity contribution >= 4 is 11.9 Å². The number of aromatic amines is 2. The van der Waals surface area contributed by atoms with Gasteiger partial charge in [0.05, 0.1) is 0 Å². The van der Waals surface area contributed by atoms with Crippen molar-refractivity contribution in [3.05, 3.63) is 18.2 Å². The van der Waals surface area contributed by atoms with E-state index in [4.69, 9.17) is 5.11 Å². The third kappa shape index (κ3) is 10.1. The second kappa shape index (κ2) is 7.54. The molecule has 0 bridgehead atoms. The number of carbonyl (C=O) groups excluding carboxylic acids is 1. The van der Waals surface area contributed by atoms with Crippen LogP contribution in [0.1, 0.15) is 25.0 Å². The number of aromatic nitrogens is 2. The lowest BCUT2D eigenvalue weighted by Crippen LogP contribution is -2.21. The first kappa shape index (κ1) is 13.2. The number of hydrogen-bond donors (Lipinski definition) is 2. The highest BCUT2D eigenvalue weighted by Gasteiger charge is 1.94. The maximum Gasteiger partial charge on any atom is 0.303 e. The van der Waals surface area contributed by atoms with Crippen LogP contribution < -0.4 is 10.1 Å². The highest BCUT2D eigenvalue weighted by atomic mass is 16.4. The molecule has 6 nitrogen and oxygen atoms in total. The average molecular weight is 214 g/mol. The largest absolute Gasteiger partial charge is 0.550 e. The topological polar surface area (TPSA) is 107 Å². The molecule has 0 aliphatic carbocycles. The Morgan fingerprint density at radius 2 is 2.20 bits per heavy atom. The molecule has 0 aromatic carbocycles. The highest BCUT2D eigenvalue weighted by molar-refractivity contribution is 5.68. The van der Waals surface area contributed by atoms with Gasteiger partial charge in [0.2, 0.25) is 6.33 Å². The number of rotatable bonds is 4. The molecule has 0 amide bonds. The number of H-pyrrole nitrogens is 2. The summed E-state index contributed by atoms with van der Waals surface area (Å²) >= 11 is 0. The van der Waals surface area contributed by atoms with E-state index < -0.39 is 11.9 Å². The molecule has 0 atom stereocenters. The zero-order valence-corrected chi connectivity index (χ0v) is 8.45. The molecular weight excluding hydrogens is 200 g/mol. The zero-order chi connectivity index (χ0) is 11.7. The predicted molar refractivity (Wildman–Crippen MR) is 48.6 cm³/mol. The van der Waals surface area contributed by atoms with Gasteiger partial charge in [-0.1, -0.05) is 0 Å². The van der Waals surface area contributed by atoms with E-state index in [0.717, 1.165) is 5.69 Å². The third-order valence-corrected chi connectivity index (χ3v) is 1.45. The van der Waals surface area contributed by atoms with Crippen molar-refractivity contribution < 1.29 is 24.8 Å². The molecule has 0 spiro atoms. The Kier molecular flexibility index (Phi) is 6.61. The molecule has 0 unspecified atom stereocenters. The number of hydrogen-bond acceptors (Lipinski definition) is 3. The van der Waals surface area contributed by atoms with E-state index >= 15 is 0 Å². The van der Waals surface area contributed by atoms with E-state index in [2.05, 4.69) is 9.97 Å². The van der Waals surface area contributed by atoms with Crippen LogP contribution in [0.15, 0.2) is 12.5 Å². The average Bonchev–Trinajstić information content (AvgIpc) is 2.55. The van der Waals surface area contributed by atoms with Crippen LogP contribution in [0.25, 0.3) is 0 Å². The van der Waals surface area contributed by atoms with Gasteiger partial charge in [0.15, 0.2) is 0 Å². The molecule has 1 aromatic heterocycles. The Labute approximate surface area is 87.0 Å². The summed E-state index contributed by atoms with van der Waals surface area (Å²) in [6.45, 7) is 2.00. The summed E-state index contributed by atoms with van der Waals surface area (Å²) in [5.74, 6) is -2.17. The minimum Gasteiger partial charge on any atom is -0.550 e. The molecule has 0 aliphatic rings. The molecule has 0 saturated carbocycles. The summed E-state index contributed by atoms with van der Waals surface area (Å²) < 4.78 is 0. The smallest absolute Gasteiger partial charge is 0.303 e. The van der Waals surface area contributed by atoms with Crippen molar-refractivity contribution in [1.82, 2.24) is 4.98 Å². The number of nitrogens with one attached hydrogen (secondary N) is 2. The van der Waals surface area contributed by atoms with Gasteiger partial charge in [0.1, 0.15) is 11.9 Å². The summed E-state index contributed by atoms with van der Waals surface area (Å²) in [7, 11) is 0. The number of aryl methyl sites for hydroxylation is 1. The van der Waals surface area contributed by atoms with Gasteiger partial charge >= 0.3 is 5.97 Å². The molecule has 0 saturated heterocycles. The normalized spacial score (nSPS) is 8.87. The van der Waals surface area contributed by atoms with Crippen LogP contribution in [0.5, 0.6) is 0 Å². The van der Waals surface area contributed by atoms with E-state index in [0.29, 0.717) is 0 Å². The Morgan fingerprint density at radius 1 is 1.53 bits per heavy atom. The Bertz CT molecular complexity index is 281. The lowest BCUT2D eigenvalue weighted by Gasteiger charge is -1.96. The van der Waals surface area contributed by atoms with Crippen molar-refractivity contribution in [2.75, 3.05) is 0 Å². The molecule has 1 rings (SSSR count). The number of carboxylic acids is 2. The van der Waals surface area contributed by atoms with Crippen LogP contribution in [-0.2, 0) is 9.59 Å². The number of aliphatic carboxylic acids is 2. The number of imidazole rings is 1. The first-order chi connectivity index (χ1) is 7.02. The van der Waals surface area contributed by atoms with Crippen LogP contribution in [0.2, 0.25) is 0 Å². The molecular formula is C9H14N2O4. The Balaban J connectivity index is 0.000000280. The number of carbonyl (C=O) groups is 2. The van der Waals surface area contributed by atoms with Gasteiger partial charge < -0.3 is 15.0 Å². The van der Waals surface area contributed by atoms with Crippen LogP contribution in [-0.4, -0.2) is 22.0 Å². The molecule has 0 radical (unpaired) electrons. The molecule has 6 heteroatoms. The summed E-state index contributed by atoms with van der Waals surface area (Å²) in [4.78, 5) is 25.3. The SMILES string of the molecule is Cc1c[nH+]c[nH]1.O=C([O-])CCCC(=O)O. The van der Waals surface area contributed by atoms with Gasteiger partial charge in [-0.3, -0.25) is 9.78 Å².